The molecular weight excluding hydrogens is 574 g/mol. The zero-order valence-electron chi connectivity index (χ0n) is 26.3. The topological polar surface area (TPSA) is 83.9 Å². The van der Waals surface area contributed by atoms with Gasteiger partial charge in [-0.05, 0) is 52.8 Å². The molecule has 2 fully saturated rings. The highest BCUT2D eigenvalue weighted by molar-refractivity contribution is 5.93. The number of hydrogen-bond donors (Lipinski definition) is 2. The van der Waals surface area contributed by atoms with Gasteiger partial charge in [0.05, 0.1) is 24.4 Å². The van der Waals surface area contributed by atoms with E-state index in [1.807, 2.05) is 36.4 Å². The summed E-state index contributed by atoms with van der Waals surface area (Å²) in [5.74, 6) is -0.153. The summed E-state index contributed by atoms with van der Waals surface area (Å²) >= 11 is 0. The van der Waals surface area contributed by atoms with E-state index in [9.17, 15) is 9.90 Å². The number of carbonyl (C=O) groups is 1. The Bertz CT molecular complexity index is 1570. The highest BCUT2D eigenvalue weighted by Gasteiger charge is 2.34. The van der Waals surface area contributed by atoms with Crippen LogP contribution in [-0.2, 0) is 22.6 Å². The molecule has 3 aromatic carbocycles. The molecule has 0 bridgehead atoms. The number of aliphatic hydroxyl groups is 1. The first-order chi connectivity index (χ1) is 22.6. The van der Waals surface area contributed by atoms with E-state index >= 15 is 0 Å². The van der Waals surface area contributed by atoms with E-state index in [-0.39, 0.29) is 24.7 Å². The van der Waals surface area contributed by atoms with Gasteiger partial charge in [0.2, 0.25) is 0 Å². The smallest absolute Gasteiger partial charge is 0.253 e. The molecule has 46 heavy (non-hydrogen) atoms. The summed E-state index contributed by atoms with van der Waals surface area (Å²) in [4.78, 5) is 19.2. The lowest BCUT2D eigenvalue weighted by Crippen LogP contribution is -2.43. The fourth-order valence-electron chi connectivity index (χ4n) is 6.65. The van der Waals surface area contributed by atoms with Crippen LogP contribution in [0.25, 0.3) is 11.1 Å². The minimum absolute atomic E-state index is 0.00866. The monoisotopic (exact) mass is 617 g/mol. The number of carbonyl (C=O) groups excluding carboxylic acids is 1. The predicted octanol–water partition coefficient (Wildman–Crippen LogP) is 7.15. The Hall–Kier alpha value is -4.14. The number of hydrogen-bond acceptors (Lipinski definition) is 6. The van der Waals surface area contributed by atoms with Crippen molar-refractivity contribution in [2.45, 2.75) is 69.8 Å². The van der Waals surface area contributed by atoms with E-state index in [0.717, 1.165) is 52.9 Å². The predicted molar refractivity (Wildman–Crippen MR) is 180 cm³/mol. The normalized spacial score (nSPS) is 20.1. The van der Waals surface area contributed by atoms with Crippen LogP contribution in [0, 0.1) is 0 Å². The van der Waals surface area contributed by atoms with Gasteiger partial charge in [-0.2, -0.15) is 0 Å². The van der Waals surface area contributed by atoms with E-state index in [0.29, 0.717) is 18.2 Å². The van der Waals surface area contributed by atoms with Crippen LogP contribution in [0.4, 0.5) is 0 Å². The molecule has 1 saturated heterocycles. The molecule has 2 aliphatic rings. The largest absolute Gasteiger partial charge is 0.392 e. The lowest BCUT2D eigenvalue weighted by atomic mass is 9.97. The SMILES string of the molecule is C=CCN(C[C@H]1C[C@@H](c2ccc(CO)cc2)O[C@@H](c2ccc(-c3ccccc3CNC(=O)c3cccnc3)cc2)O1)C1CCCC1. The number of ether oxygens (including phenoxy) is 2. The van der Waals surface area contributed by atoms with Crippen molar-refractivity contribution in [2.24, 2.45) is 0 Å². The van der Waals surface area contributed by atoms with Crippen molar-refractivity contribution in [1.82, 2.24) is 15.2 Å². The van der Waals surface area contributed by atoms with Gasteiger partial charge in [0.25, 0.3) is 5.91 Å². The quantitative estimate of drug-likeness (QED) is 0.164. The maximum Gasteiger partial charge on any atom is 0.253 e. The van der Waals surface area contributed by atoms with Crippen LogP contribution in [0.1, 0.15) is 77.1 Å². The first kappa shape index (κ1) is 31.8. The molecule has 6 rings (SSSR count). The second kappa shape index (κ2) is 15.4. The Labute approximate surface area is 271 Å². The summed E-state index contributed by atoms with van der Waals surface area (Å²) in [6, 6.07) is 28.6. The van der Waals surface area contributed by atoms with Crippen LogP contribution in [0.5, 0.6) is 0 Å². The van der Waals surface area contributed by atoms with Crippen molar-refractivity contribution in [3.63, 3.8) is 0 Å². The Kier molecular flexibility index (Phi) is 10.7. The Morgan fingerprint density at radius 2 is 1.72 bits per heavy atom. The lowest BCUT2D eigenvalue weighted by molar-refractivity contribution is -0.253. The number of amides is 1. The van der Waals surface area contributed by atoms with E-state index in [1.54, 1.807) is 24.5 Å². The first-order valence-corrected chi connectivity index (χ1v) is 16.3. The van der Waals surface area contributed by atoms with Crippen LogP contribution >= 0.6 is 0 Å². The zero-order valence-corrected chi connectivity index (χ0v) is 26.3. The number of benzene rings is 3. The third kappa shape index (κ3) is 7.80. The van der Waals surface area contributed by atoms with Crippen LogP contribution < -0.4 is 5.32 Å². The lowest BCUT2D eigenvalue weighted by Gasteiger charge is -2.39. The number of aliphatic hydroxyl groups excluding tert-OH is 1. The van der Waals surface area contributed by atoms with E-state index in [1.165, 1.54) is 25.7 Å². The van der Waals surface area contributed by atoms with Gasteiger partial charge in [0, 0.05) is 50.1 Å². The number of rotatable bonds is 12. The highest BCUT2D eigenvalue weighted by Crippen LogP contribution is 2.39. The molecule has 1 amide bonds. The van der Waals surface area contributed by atoms with Gasteiger partial charge in [-0.25, -0.2) is 0 Å². The van der Waals surface area contributed by atoms with Gasteiger partial charge in [0.1, 0.15) is 0 Å². The van der Waals surface area contributed by atoms with Gasteiger partial charge in [-0.1, -0.05) is 91.7 Å². The summed E-state index contributed by atoms with van der Waals surface area (Å²) in [6.07, 6.45) is 10.3. The molecule has 1 saturated carbocycles. The fraction of sp³-hybridized carbons (Fsp3) is 0.333. The summed E-state index contributed by atoms with van der Waals surface area (Å²) in [5.41, 5.74) is 6.61. The maximum absolute atomic E-state index is 12.7. The summed E-state index contributed by atoms with van der Waals surface area (Å²) in [7, 11) is 0. The van der Waals surface area contributed by atoms with Crippen LogP contribution in [0.3, 0.4) is 0 Å². The number of aromatic nitrogens is 1. The molecule has 3 atom stereocenters. The van der Waals surface area contributed by atoms with E-state index < -0.39 is 6.29 Å². The standard InChI is InChI=1S/C39H43N3O4/c1-2-22-42(34-10-4-5-11-34)26-35-23-37(30-15-13-28(27-43)14-16-30)46-39(45-35)31-19-17-29(18-20-31)36-12-6-3-8-32(36)25-41-38(44)33-9-7-21-40-24-33/h2-3,6-9,12-21,24,34-35,37,39,43H,1,4-5,10-11,22-23,25-27H2,(H,41,44)/t35-,37+,39+/m1/s1. The minimum atomic E-state index is -0.515. The molecule has 238 valence electrons. The number of nitrogens with zero attached hydrogens (tertiary/aromatic N) is 2. The second-order valence-electron chi connectivity index (χ2n) is 12.2. The molecule has 0 unspecified atom stereocenters. The molecule has 7 heteroatoms. The summed E-state index contributed by atoms with van der Waals surface area (Å²) < 4.78 is 13.3. The van der Waals surface area contributed by atoms with Crippen molar-refractivity contribution < 1.29 is 19.4 Å². The third-order valence-corrected chi connectivity index (χ3v) is 9.13. The van der Waals surface area contributed by atoms with E-state index in [4.69, 9.17) is 9.47 Å². The molecule has 4 aromatic rings. The Morgan fingerprint density at radius 3 is 2.43 bits per heavy atom. The molecule has 2 heterocycles. The third-order valence-electron chi connectivity index (χ3n) is 9.13. The molecule has 0 radical (unpaired) electrons. The Morgan fingerprint density at radius 1 is 0.957 bits per heavy atom. The van der Waals surface area contributed by atoms with Gasteiger partial charge in [-0.15, -0.1) is 6.58 Å². The second-order valence-corrected chi connectivity index (χ2v) is 12.2. The van der Waals surface area contributed by atoms with Crippen molar-refractivity contribution in [3.05, 3.63) is 138 Å². The van der Waals surface area contributed by atoms with Gasteiger partial charge >= 0.3 is 0 Å². The van der Waals surface area contributed by atoms with Crippen LogP contribution in [-0.4, -0.2) is 46.1 Å². The van der Waals surface area contributed by atoms with Crippen molar-refractivity contribution in [2.75, 3.05) is 13.1 Å². The molecule has 7 nitrogen and oxygen atoms in total. The van der Waals surface area contributed by atoms with Crippen molar-refractivity contribution in [1.29, 1.82) is 0 Å². The molecule has 1 aliphatic heterocycles. The highest BCUT2D eigenvalue weighted by atomic mass is 16.7. The molecule has 1 aliphatic carbocycles. The average Bonchev–Trinajstić information content (AvgIpc) is 3.66. The molecule has 2 N–H and O–H groups in total. The number of pyridine rings is 1. The van der Waals surface area contributed by atoms with Crippen molar-refractivity contribution >= 4 is 5.91 Å². The summed E-state index contributed by atoms with van der Waals surface area (Å²) in [6.45, 7) is 6.13. The molecular formula is C39H43N3O4. The fourth-order valence-corrected chi connectivity index (χ4v) is 6.65. The molecule has 0 spiro atoms. The van der Waals surface area contributed by atoms with Gasteiger partial charge in [-0.3, -0.25) is 14.7 Å². The average molecular weight is 618 g/mol. The van der Waals surface area contributed by atoms with Crippen molar-refractivity contribution in [3.8, 4) is 11.1 Å². The number of nitrogens with one attached hydrogen (secondary N) is 1. The Balaban J connectivity index is 1.20. The first-order valence-electron chi connectivity index (χ1n) is 16.3. The molecule has 1 aromatic heterocycles. The van der Waals surface area contributed by atoms with E-state index in [2.05, 4.69) is 64.2 Å². The van der Waals surface area contributed by atoms with Crippen LogP contribution in [0.15, 0.2) is 110 Å². The zero-order chi connectivity index (χ0) is 31.7. The van der Waals surface area contributed by atoms with Crippen LogP contribution in [0.2, 0.25) is 0 Å². The van der Waals surface area contributed by atoms with Gasteiger partial charge < -0.3 is 19.9 Å². The minimum Gasteiger partial charge on any atom is -0.392 e. The van der Waals surface area contributed by atoms with Gasteiger partial charge in [0.15, 0.2) is 6.29 Å². The summed E-state index contributed by atoms with van der Waals surface area (Å²) in [5, 5.41) is 12.6. The maximum atomic E-state index is 12.7.